The van der Waals surface area contributed by atoms with Gasteiger partial charge in [0.05, 0.1) is 11.5 Å². The van der Waals surface area contributed by atoms with Crippen LogP contribution in [0.1, 0.15) is 10.4 Å². The van der Waals surface area contributed by atoms with Crippen LogP contribution in [-0.2, 0) is 4.74 Å². The number of carbonyl (C=O) groups is 1. The predicted molar refractivity (Wildman–Crippen MR) is 72.5 cm³/mol. The van der Waals surface area contributed by atoms with E-state index in [4.69, 9.17) is 9.84 Å². The second-order valence-corrected chi connectivity index (χ2v) is 3.95. The van der Waals surface area contributed by atoms with Crippen molar-refractivity contribution in [2.45, 2.75) is 0 Å². The van der Waals surface area contributed by atoms with Gasteiger partial charge in [0.15, 0.2) is 0 Å². The van der Waals surface area contributed by atoms with Crippen LogP contribution in [0.15, 0.2) is 6.07 Å². The largest absolute Gasteiger partial charge is 0.478 e. The fourth-order valence-corrected chi connectivity index (χ4v) is 1.60. The molecule has 9 nitrogen and oxygen atoms in total. The predicted octanol–water partition coefficient (Wildman–Crippen LogP) is 0.812. The van der Waals surface area contributed by atoms with E-state index in [2.05, 4.69) is 10.3 Å². The number of aromatic nitrogens is 1. The number of aromatic carboxylic acids is 1. The Kier molecular flexibility index (Phi) is 5.21. The highest BCUT2D eigenvalue weighted by Crippen LogP contribution is 2.29. The van der Waals surface area contributed by atoms with Gasteiger partial charge in [-0.05, 0) is 0 Å². The topological polar surface area (TPSA) is 118 Å². The fourth-order valence-electron chi connectivity index (χ4n) is 1.60. The highest BCUT2D eigenvalue weighted by molar-refractivity contribution is 5.95. The van der Waals surface area contributed by atoms with E-state index in [0.717, 1.165) is 6.07 Å². The number of nitrogens with one attached hydrogen (secondary N) is 1. The Bertz CT molecular complexity index is 520. The summed E-state index contributed by atoms with van der Waals surface area (Å²) in [4.78, 5) is 27.1. The monoisotopic (exact) mass is 284 g/mol. The number of pyridine rings is 1. The lowest BCUT2D eigenvalue weighted by molar-refractivity contribution is -0.384. The van der Waals surface area contributed by atoms with Crippen LogP contribution in [0.25, 0.3) is 0 Å². The molecule has 0 saturated heterocycles. The Morgan fingerprint density at radius 3 is 2.75 bits per heavy atom. The normalized spacial score (nSPS) is 10.2. The van der Waals surface area contributed by atoms with Crippen molar-refractivity contribution in [1.29, 1.82) is 0 Å². The fraction of sp³-hybridized carbons (Fsp3) is 0.455. The number of rotatable bonds is 7. The van der Waals surface area contributed by atoms with Crippen LogP contribution < -0.4 is 10.2 Å². The third-order valence-corrected chi connectivity index (χ3v) is 2.64. The molecule has 9 heteroatoms. The van der Waals surface area contributed by atoms with Crippen LogP contribution in [0.3, 0.4) is 0 Å². The summed E-state index contributed by atoms with van der Waals surface area (Å²) < 4.78 is 4.91. The molecule has 0 radical (unpaired) electrons. The number of nitrogens with zero attached hydrogens (tertiary/aromatic N) is 3. The Morgan fingerprint density at radius 1 is 1.65 bits per heavy atom. The van der Waals surface area contributed by atoms with Crippen molar-refractivity contribution in [3.8, 4) is 0 Å². The molecular formula is C11H16N4O5. The van der Waals surface area contributed by atoms with E-state index in [1.807, 2.05) is 0 Å². The van der Waals surface area contributed by atoms with Gasteiger partial charge in [0, 0.05) is 33.8 Å². The number of ether oxygens (including phenoxy) is 1. The van der Waals surface area contributed by atoms with Crippen molar-refractivity contribution < 1.29 is 19.6 Å². The summed E-state index contributed by atoms with van der Waals surface area (Å²) in [6, 6.07) is 1.000. The maximum atomic E-state index is 11.2. The second kappa shape index (κ2) is 6.66. The summed E-state index contributed by atoms with van der Waals surface area (Å²) >= 11 is 0. The molecule has 1 heterocycles. The number of hydrogen-bond acceptors (Lipinski definition) is 7. The minimum absolute atomic E-state index is 0.0132. The van der Waals surface area contributed by atoms with Gasteiger partial charge >= 0.3 is 11.7 Å². The van der Waals surface area contributed by atoms with Crippen LogP contribution in [0.5, 0.6) is 0 Å². The first-order valence-corrected chi connectivity index (χ1v) is 5.73. The van der Waals surface area contributed by atoms with Gasteiger partial charge in [-0.3, -0.25) is 10.1 Å². The summed E-state index contributed by atoms with van der Waals surface area (Å²) in [5, 5.41) is 22.7. The second-order valence-electron chi connectivity index (χ2n) is 3.95. The Morgan fingerprint density at radius 2 is 2.30 bits per heavy atom. The highest BCUT2D eigenvalue weighted by Gasteiger charge is 2.24. The van der Waals surface area contributed by atoms with Gasteiger partial charge in [0.1, 0.15) is 11.4 Å². The SMILES string of the molecule is CNc1nc(N(C)CCOC)c(C(=O)O)cc1[N+](=O)[O-]. The van der Waals surface area contributed by atoms with Crippen LogP contribution in [0.2, 0.25) is 0 Å². The Labute approximate surface area is 115 Å². The number of carboxylic acids is 1. The van der Waals surface area contributed by atoms with Gasteiger partial charge in [-0.1, -0.05) is 0 Å². The number of anilines is 2. The zero-order valence-corrected chi connectivity index (χ0v) is 11.4. The zero-order chi connectivity index (χ0) is 15.3. The number of likely N-dealkylation sites (N-methyl/N-ethyl adjacent to an activating group) is 1. The van der Waals surface area contributed by atoms with Gasteiger partial charge in [-0.25, -0.2) is 9.78 Å². The molecule has 1 rings (SSSR count). The third-order valence-electron chi connectivity index (χ3n) is 2.64. The van der Waals surface area contributed by atoms with E-state index in [-0.39, 0.29) is 22.9 Å². The molecular weight excluding hydrogens is 268 g/mol. The van der Waals surface area contributed by atoms with Gasteiger partial charge in [-0.15, -0.1) is 0 Å². The number of methoxy groups -OCH3 is 1. The molecule has 0 amide bonds. The van der Waals surface area contributed by atoms with Crippen molar-refractivity contribution in [1.82, 2.24) is 4.98 Å². The van der Waals surface area contributed by atoms with Crippen LogP contribution in [0, 0.1) is 10.1 Å². The van der Waals surface area contributed by atoms with Crippen molar-refractivity contribution in [2.75, 3.05) is 44.6 Å². The van der Waals surface area contributed by atoms with Crippen LogP contribution in [-0.4, -0.2) is 55.3 Å². The molecule has 0 spiro atoms. The van der Waals surface area contributed by atoms with E-state index < -0.39 is 10.9 Å². The average molecular weight is 284 g/mol. The molecule has 0 aromatic carbocycles. The van der Waals surface area contributed by atoms with E-state index in [0.29, 0.717) is 13.2 Å². The quantitative estimate of drug-likeness (QED) is 0.558. The van der Waals surface area contributed by atoms with Gasteiger partial charge in [0.25, 0.3) is 0 Å². The van der Waals surface area contributed by atoms with Crippen molar-refractivity contribution in [2.24, 2.45) is 0 Å². The summed E-state index contributed by atoms with van der Waals surface area (Å²) in [7, 11) is 4.64. The molecule has 0 unspecified atom stereocenters. The van der Waals surface area contributed by atoms with Crippen molar-refractivity contribution >= 4 is 23.3 Å². The lowest BCUT2D eigenvalue weighted by Gasteiger charge is -2.20. The van der Waals surface area contributed by atoms with Gasteiger partial charge in [-0.2, -0.15) is 0 Å². The average Bonchev–Trinajstić information content (AvgIpc) is 2.42. The van der Waals surface area contributed by atoms with E-state index in [1.165, 1.54) is 14.2 Å². The molecule has 20 heavy (non-hydrogen) atoms. The third kappa shape index (κ3) is 3.32. The van der Waals surface area contributed by atoms with E-state index in [9.17, 15) is 14.9 Å². The molecule has 2 N–H and O–H groups in total. The molecule has 0 bridgehead atoms. The molecule has 1 aromatic rings. The molecule has 0 saturated carbocycles. The highest BCUT2D eigenvalue weighted by atomic mass is 16.6. The lowest BCUT2D eigenvalue weighted by atomic mass is 10.2. The van der Waals surface area contributed by atoms with Crippen LogP contribution in [0.4, 0.5) is 17.3 Å². The molecule has 0 fully saturated rings. The summed E-state index contributed by atoms with van der Waals surface area (Å²) in [5.74, 6) is -1.12. The van der Waals surface area contributed by atoms with E-state index >= 15 is 0 Å². The standard InChI is InChI=1S/C11H16N4O5/c1-12-9-8(15(18)19)6-7(11(16)17)10(13-9)14(2)4-5-20-3/h6H,4-5H2,1-3H3,(H,12,13)(H,16,17). The maximum absolute atomic E-state index is 11.2. The number of carboxylic acid groups (broad SMARTS) is 1. The maximum Gasteiger partial charge on any atom is 0.339 e. The number of nitro groups is 1. The minimum Gasteiger partial charge on any atom is -0.478 e. The first-order valence-electron chi connectivity index (χ1n) is 5.73. The Hall–Kier alpha value is -2.42. The van der Waals surface area contributed by atoms with Crippen LogP contribution >= 0.6 is 0 Å². The first kappa shape index (κ1) is 15.6. The summed E-state index contributed by atoms with van der Waals surface area (Å²) in [6.45, 7) is 0.786. The van der Waals surface area contributed by atoms with Crippen molar-refractivity contribution in [3.05, 3.63) is 21.7 Å². The number of hydrogen-bond donors (Lipinski definition) is 2. The molecule has 0 aliphatic carbocycles. The summed E-state index contributed by atoms with van der Waals surface area (Å²) in [6.07, 6.45) is 0. The minimum atomic E-state index is -1.28. The van der Waals surface area contributed by atoms with Gasteiger partial charge in [0.2, 0.25) is 5.82 Å². The smallest absolute Gasteiger partial charge is 0.339 e. The molecule has 0 aliphatic rings. The van der Waals surface area contributed by atoms with Gasteiger partial charge < -0.3 is 20.1 Å². The molecule has 110 valence electrons. The summed E-state index contributed by atoms with van der Waals surface area (Å²) in [5.41, 5.74) is -0.608. The molecule has 1 aromatic heterocycles. The van der Waals surface area contributed by atoms with E-state index in [1.54, 1.807) is 11.9 Å². The first-order chi connectivity index (χ1) is 9.42. The van der Waals surface area contributed by atoms with Crippen molar-refractivity contribution in [3.63, 3.8) is 0 Å². The lowest BCUT2D eigenvalue weighted by Crippen LogP contribution is -2.25. The Balaban J connectivity index is 3.34. The molecule has 0 atom stereocenters. The molecule has 0 aliphatic heterocycles. The zero-order valence-electron chi connectivity index (χ0n) is 11.4.